The van der Waals surface area contributed by atoms with Crippen LogP contribution in [0.2, 0.25) is 0 Å². The summed E-state index contributed by atoms with van der Waals surface area (Å²) in [6.45, 7) is 1.85. The van der Waals surface area contributed by atoms with Crippen molar-refractivity contribution in [1.29, 1.82) is 0 Å². The Kier molecular flexibility index (Phi) is 2.85. The van der Waals surface area contributed by atoms with Crippen molar-refractivity contribution in [2.45, 2.75) is 32.2 Å². The van der Waals surface area contributed by atoms with E-state index in [2.05, 4.69) is 20.6 Å². The third kappa shape index (κ3) is 2.03. The normalized spacial score (nSPS) is 18.1. The molecule has 2 N–H and O–H groups in total. The molecule has 19 heavy (non-hydrogen) atoms. The summed E-state index contributed by atoms with van der Waals surface area (Å²) in [4.78, 5) is 12.2. The molecule has 100 valence electrons. The predicted octanol–water partition coefficient (Wildman–Crippen LogP) is 1.26. The Balaban J connectivity index is 1.82. The van der Waals surface area contributed by atoms with E-state index in [9.17, 15) is 4.79 Å². The van der Waals surface area contributed by atoms with Crippen LogP contribution in [0.4, 0.5) is 0 Å². The van der Waals surface area contributed by atoms with Crippen molar-refractivity contribution in [2.24, 2.45) is 7.05 Å². The summed E-state index contributed by atoms with van der Waals surface area (Å²) in [5, 5.41) is 14.0. The van der Waals surface area contributed by atoms with Crippen molar-refractivity contribution in [3.05, 3.63) is 34.9 Å². The fraction of sp³-hybridized carbons (Fsp3) is 0.462. The van der Waals surface area contributed by atoms with Gasteiger partial charge in [0, 0.05) is 24.0 Å². The number of hydrogen-bond donors (Lipinski definition) is 2. The van der Waals surface area contributed by atoms with E-state index in [0.29, 0.717) is 5.56 Å². The fourth-order valence-corrected chi connectivity index (χ4v) is 2.67. The molecule has 0 spiro atoms. The van der Waals surface area contributed by atoms with Crippen molar-refractivity contribution in [2.75, 3.05) is 0 Å². The van der Waals surface area contributed by atoms with Gasteiger partial charge in [-0.1, -0.05) is 0 Å². The fourth-order valence-electron chi connectivity index (χ4n) is 2.67. The minimum atomic E-state index is -0.0760. The highest BCUT2D eigenvalue weighted by Crippen LogP contribution is 2.29. The van der Waals surface area contributed by atoms with Gasteiger partial charge in [0.05, 0.1) is 24.0 Å². The molecule has 6 nitrogen and oxygen atoms in total. The molecule has 0 aliphatic heterocycles. The number of carbonyl (C=O) groups is 1. The molecule has 1 aliphatic rings. The number of hydrogen-bond acceptors (Lipinski definition) is 3. The Morgan fingerprint density at radius 3 is 3.11 bits per heavy atom. The molecule has 1 amide bonds. The number of amides is 1. The van der Waals surface area contributed by atoms with Crippen LogP contribution in [-0.2, 0) is 13.5 Å². The number of nitrogens with one attached hydrogen (secondary N) is 2. The Morgan fingerprint density at radius 1 is 1.53 bits per heavy atom. The maximum Gasteiger partial charge on any atom is 0.255 e. The highest BCUT2D eigenvalue weighted by molar-refractivity contribution is 5.95. The largest absolute Gasteiger partial charge is 0.345 e. The van der Waals surface area contributed by atoms with E-state index in [1.165, 1.54) is 5.69 Å². The maximum absolute atomic E-state index is 12.2. The first kappa shape index (κ1) is 12.0. The molecule has 0 radical (unpaired) electrons. The van der Waals surface area contributed by atoms with Crippen molar-refractivity contribution in [3.63, 3.8) is 0 Å². The molecular weight excluding hydrogens is 242 g/mol. The lowest BCUT2D eigenvalue weighted by molar-refractivity contribution is 0.0932. The number of rotatable bonds is 2. The summed E-state index contributed by atoms with van der Waals surface area (Å²) in [5.41, 5.74) is 3.76. The van der Waals surface area contributed by atoms with Crippen LogP contribution < -0.4 is 5.32 Å². The summed E-state index contributed by atoms with van der Waals surface area (Å²) in [6, 6.07) is 0.0549. The summed E-state index contributed by atoms with van der Waals surface area (Å²) in [6.07, 6.45) is 6.49. The summed E-state index contributed by atoms with van der Waals surface area (Å²) in [5.74, 6) is -0.0760. The van der Waals surface area contributed by atoms with Gasteiger partial charge in [0.2, 0.25) is 0 Å². The minimum Gasteiger partial charge on any atom is -0.345 e. The van der Waals surface area contributed by atoms with E-state index >= 15 is 0 Å². The number of carbonyl (C=O) groups excluding carboxylic acids is 1. The average molecular weight is 259 g/mol. The van der Waals surface area contributed by atoms with E-state index in [-0.39, 0.29) is 11.9 Å². The highest BCUT2D eigenvalue weighted by Gasteiger charge is 2.25. The number of aryl methyl sites for hydroxylation is 2. The number of aromatic amines is 1. The van der Waals surface area contributed by atoms with Crippen LogP contribution in [0.1, 0.15) is 46.2 Å². The van der Waals surface area contributed by atoms with Crippen LogP contribution in [-0.4, -0.2) is 25.9 Å². The second-order valence-electron chi connectivity index (χ2n) is 5.00. The molecule has 2 aromatic heterocycles. The number of fused-ring (bicyclic) bond motifs is 1. The molecular formula is C13H17N5O. The monoisotopic (exact) mass is 259 g/mol. The van der Waals surface area contributed by atoms with Crippen molar-refractivity contribution in [1.82, 2.24) is 25.3 Å². The van der Waals surface area contributed by atoms with Gasteiger partial charge in [-0.15, -0.1) is 0 Å². The lowest BCUT2D eigenvalue weighted by atomic mass is 9.93. The molecule has 0 saturated heterocycles. The van der Waals surface area contributed by atoms with E-state index < -0.39 is 0 Å². The molecule has 0 aromatic carbocycles. The van der Waals surface area contributed by atoms with Crippen molar-refractivity contribution >= 4 is 5.91 Å². The quantitative estimate of drug-likeness (QED) is 0.852. The van der Waals surface area contributed by atoms with Gasteiger partial charge in [-0.2, -0.15) is 10.2 Å². The average Bonchev–Trinajstić information content (AvgIpc) is 2.97. The summed E-state index contributed by atoms with van der Waals surface area (Å²) in [7, 11) is 1.95. The topological polar surface area (TPSA) is 75.6 Å². The van der Waals surface area contributed by atoms with Crippen LogP contribution in [0, 0.1) is 6.92 Å². The SMILES string of the molecule is Cc1[nH]ncc1C(=O)NC1CCCc2c1cnn2C. The Hall–Kier alpha value is -2.11. The Labute approximate surface area is 111 Å². The molecule has 6 heteroatoms. The summed E-state index contributed by atoms with van der Waals surface area (Å²) >= 11 is 0. The van der Waals surface area contributed by atoms with Gasteiger partial charge in [0.1, 0.15) is 0 Å². The molecule has 1 aliphatic carbocycles. The molecule has 1 unspecified atom stereocenters. The molecule has 2 heterocycles. The maximum atomic E-state index is 12.2. The Morgan fingerprint density at radius 2 is 2.37 bits per heavy atom. The third-order valence-electron chi connectivity index (χ3n) is 3.76. The van der Waals surface area contributed by atoms with Crippen molar-refractivity contribution < 1.29 is 4.79 Å². The second-order valence-corrected chi connectivity index (χ2v) is 5.00. The van der Waals surface area contributed by atoms with Crippen LogP contribution >= 0.6 is 0 Å². The minimum absolute atomic E-state index is 0.0549. The first-order valence-electron chi connectivity index (χ1n) is 6.48. The standard InChI is InChI=1S/C13H17N5O/c1-8-9(6-14-17-8)13(19)16-11-4-3-5-12-10(11)7-15-18(12)2/h6-7,11H,3-5H2,1-2H3,(H,14,17)(H,16,19). The first-order valence-corrected chi connectivity index (χ1v) is 6.48. The zero-order valence-corrected chi connectivity index (χ0v) is 11.1. The van der Waals surface area contributed by atoms with E-state index in [1.807, 2.05) is 24.9 Å². The lowest BCUT2D eigenvalue weighted by Gasteiger charge is -2.23. The van der Waals surface area contributed by atoms with E-state index in [4.69, 9.17) is 0 Å². The third-order valence-corrected chi connectivity index (χ3v) is 3.76. The molecule has 0 saturated carbocycles. The van der Waals surface area contributed by atoms with Gasteiger partial charge in [-0.05, 0) is 26.2 Å². The van der Waals surface area contributed by atoms with Gasteiger partial charge in [0.15, 0.2) is 0 Å². The lowest BCUT2D eigenvalue weighted by Crippen LogP contribution is -2.31. The highest BCUT2D eigenvalue weighted by atomic mass is 16.1. The van der Waals surface area contributed by atoms with Crippen LogP contribution in [0.3, 0.4) is 0 Å². The summed E-state index contributed by atoms with van der Waals surface area (Å²) < 4.78 is 1.90. The molecule has 2 aromatic rings. The predicted molar refractivity (Wildman–Crippen MR) is 69.7 cm³/mol. The van der Waals surface area contributed by atoms with Crippen LogP contribution in [0.15, 0.2) is 12.4 Å². The van der Waals surface area contributed by atoms with E-state index in [1.54, 1.807) is 6.20 Å². The number of nitrogens with zero attached hydrogens (tertiary/aromatic N) is 3. The van der Waals surface area contributed by atoms with Gasteiger partial charge < -0.3 is 5.32 Å². The first-order chi connectivity index (χ1) is 9.16. The van der Waals surface area contributed by atoms with Crippen molar-refractivity contribution in [3.8, 4) is 0 Å². The van der Waals surface area contributed by atoms with Gasteiger partial charge >= 0.3 is 0 Å². The zero-order chi connectivity index (χ0) is 13.4. The van der Waals surface area contributed by atoms with Crippen LogP contribution in [0.5, 0.6) is 0 Å². The smallest absolute Gasteiger partial charge is 0.255 e. The van der Waals surface area contributed by atoms with Gasteiger partial charge in [-0.3, -0.25) is 14.6 Å². The Bertz CT molecular complexity index is 612. The van der Waals surface area contributed by atoms with Crippen LogP contribution in [0.25, 0.3) is 0 Å². The van der Waals surface area contributed by atoms with Gasteiger partial charge in [0.25, 0.3) is 5.91 Å². The van der Waals surface area contributed by atoms with Gasteiger partial charge in [-0.25, -0.2) is 0 Å². The zero-order valence-electron chi connectivity index (χ0n) is 11.1. The van der Waals surface area contributed by atoms with E-state index in [0.717, 1.165) is 30.5 Å². The molecule has 0 bridgehead atoms. The second kappa shape index (κ2) is 4.53. The number of H-pyrrole nitrogens is 1. The molecule has 1 atom stereocenters. The number of aromatic nitrogens is 4. The molecule has 3 rings (SSSR count). The molecule has 0 fully saturated rings.